The third kappa shape index (κ3) is 2.48. The first kappa shape index (κ1) is 11.3. The van der Waals surface area contributed by atoms with Crippen molar-refractivity contribution in [2.75, 3.05) is 7.11 Å². The molecule has 2 rings (SSSR count). The van der Waals surface area contributed by atoms with Crippen LogP contribution in [0, 0.1) is 0 Å². The molecule has 17 heavy (non-hydrogen) atoms. The van der Waals surface area contributed by atoms with E-state index in [1.807, 2.05) is 0 Å². The number of ether oxygens (including phenoxy) is 1. The number of oxime groups is 1. The second kappa shape index (κ2) is 5.22. The smallest absolute Gasteiger partial charge is 0.269 e. The van der Waals surface area contributed by atoms with Crippen LogP contribution >= 0.6 is 0 Å². The van der Waals surface area contributed by atoms with Crippen molar-refractivity contribution < 1.29 is 19.5 Å². The van der Waals surface area contributed by atoms with Crippen LogP contribution in [-0.2, 0) is 14.4 Å². The number of phenolic OH excluding ortho intramolecular Hbond substituents is 1. The maximum absolute atomic E-state index is 9.75. The van der Waals surface area contributed by atoms with Gasteiger partial charge < -0.3 is 14.7 Å². The molecule has 0 aliphatic carbocycles. The Kier molecular flexibility index (Phi) is 3.46. The number of aromatic hydroxyl groups is 1. The number of phenols is 1. The fourth-order valence-corrected chi connectivity index (χ4v) is 1.40. The van der Waals surface area contributed by atoms with Gasteiger partial charge in [0, 0.05) is 5.56 Å². The summed E-state index contributed by atoms with van der Waals surface area (Å²) in [6, 6.07) is 6.72. The van der Waals surface area contributed by atoms with Gasteiger partial charge in [-0.3, -0.25) is 5.48 Å². The van der Waals surface area contributed by atoms with Crippen LogP contribution in [0.1, 0.15) is 5.56 Å². The van der Waals surface area contributed by atoms with Gasteiger partial charge in [-0.15, -0.1) is 0 Å². The monoisotopic (exact) mass is 236 g/mol. The molecule has 90 valence electrons. The quantitative estimate of drug-likeness (QED) is 0.607. The van der Waals surface area contributed by atoms with Crippen molar-refractivity contribution in [1.29, 1.82) is 0 Å². The lowest BCUT2D eigenvalue weighted by Gasteiger charge is -2.21. The minimum Gasteiger partial charge on any atom is -0.507 e. The highest BCUT2D eigenvalue weighted by Gasteiger charge is 2.24. The summed E-state index contributed by atoms with van der Waals surface area (Å²) in [5.74, 6) is 0.0741. The largest absolute Gasteiger partial charge is 0.507 e. The summed E-state index contributed by atoms with van der Waals surface area (Å²) in [5, 5.41) is 13.6. The summed E-state index contributed by atoms with van der Waals surface area (Å²) in [6.07, 6.45) is 2.14. The van der Waals surface area contributed by atoms with Crippen molar-refractivity contribution in [3.8, 4) is 5.75 Å². The first-order valence-electron chi connectivity index (χ1n) is 4.94. The molecule has 0 aromatic heterocycles. The van der Waals surface area contributed by atoms with Crippen molar-refractivity contribution in [2.24, 2.45) is 5.16 Å². The highest BCUT2D eigenvalue weighted by molar-refractivity contribution is 6.04. The molecule has 0 fully saturated rings. The average Bonchev–Trinajstić information content (AvgIpc) is 2.38. The molecule has 0 spiro atoms. The molecule has 2 N–H and O–H groups in total. The molecule has 0 saturated heterocycles. The van der Waals surface area contributed by atoms with Gasteiger partial charge in [0.1, 0.15) is 19.1 Å². The van der Waals surface area contributed by atoms with Gasteiger partial charge in [0.15, 0.2) is 5.71 Å². The zero-order valence-corrected chi connectivity index (χ0v) is 9.16. The van der Waals surface area contributed by atoms with Gasteiger partial charge in [-0.05, 0) is 12.1 Å². The normalized spacial score (nSPS) is 19.4. The van der Waals surface area contributed by atoms with Crippen LogP contribution in [0.2, 0.25) is 0 Å². The van der Waals surface area contributed by atoms with Crippen LogP contribution in [0.4, 0.5) is 0 Å². The average molecular weight is 236 g/mol. The second-order valence-electron chi connectivity index (χ2n) is 3.18. The van der Waals surface area contributed by atoms with Crippen molar-refractivity contribution in [1.82, 2.24) is 5.48 Å². The van der Waals surface area contributed by atoms with E-state index in [2.05, 4.69) is 10.6 Å². The van der Waals surface area contributed by atoms with Crippen LogP contribution in [-0.4, -0.2) is 24.2 Å². The lowest BCUT2D eigenvalue weighted by molar-refractivity contribution is -0.113. The second-order valence-corrected chi connectivity index (χ2v) is 3.18. The molecule has 1 aromatic carbocycles. The predicted molar refractivity (Wildman–Crippen MR) is 59.9 cm³/mol. The van der Waals surface area contributed by atoms with E-state index in [0.29, 0.717) is 11.3 Å². The van der Waals surface area contributed by atoms with Crippen molar-refractivity contribution in [2.45, 2.75) is 6.29 Å². The van der Waals surface area contributed by atoms with E-state index < -0.39 is 6.29 Å². The van der Waals surface area contributed by atoms with E-state index in [0.717, 1.165) is 0 Å². The number of benzene rings is 1. The molecule has 6 heteroatoms. The molecule has 0 saturated carbocycles. The van der Waals surface area contributed by atoms with Crippen LogP contribution in [0.15, 0.2) is 41.9 Å². The zero-order valence-electron chi connectivity index (χ0n) is 9.16. The SMILES string of the molecule is CON=C(c1ccccc1O)C1OC=CNO1. The molecule has 1 aliphatic rings. The molecular weight excluding hydrogens is 224 g/mol. The maximum atomic E-state index is 9.75. The summed E-state index contributed by atoms with van der Waals surface area (Å²) in [6.45, 7) is 0. The first-order valence-corrected chi connectivity index (χ1v) is 4.94. The summed E-state index contributed by atoms with van der Waals surface area (Å²) in [7, 11) is 1.41. The third-order valence-electron chi connectivity index (χ3n) is 2.11. The third-order valence-corrected chi connectivity index (χ3v) is 2.11. The Bertz CT molecular complexity index is 445. The van der Waals surface area contributed by atoms with Crippen LogP contribution in [0.3, 0.4) is 0 Å². The number of rotatable bonds is 3. The highest BCUT2D eigenvalue weighted by Crippen LogP contribution is 2.20. The lowest BCUT2D eigenvalue weighted by atomic mass is 10.1. The molecule has 6 nitrogen and oxygen atoms in total. The molecule has 1 atom stereocenters. The Labute approximate surface area is 98.0 Å². The van der Waals surface area contributed by atoms with Gasteiger partial charge in [0.25, 0.3) is 6.29 Å². The standard InChI is InChI=1S/C11H12N2O4/c1-15-13-10(11-16-7-6-12-17-11)8-4-2-3-5-9(8)14/h2-7,11-12,14H,1H3. The molecule has 0 amide bonds. The predicted octanol–water partition coefficient (Wildman–Crippen LogP) is 1.09. The number of hydrogen-bond donors (Lipinski definition) is 2. The minimum atomic E-state index is -0.784. The van der Waals surface area contributed by atoms with Crippen LogP contribution in [0.25, 0.3) is 0 Å². The Morgan fingerprint density at radius 3 is 2.94 bits per heavy atom. The molecule has 1 aromatic rings. The molecular formula is C11H12N2O4. The molecule has 0 bridgehead atoms. The Morgan fingerprint density at radius 2 is 2.29 bits per heavy atom. The van der Waals surface area contributed by atoms with E-state index in [-0.39, 0.29) is 5.75 Å². The van der Waals surface area contributed by atoms with Gasteiger partial charge in [-0.2, -0.15) is 0 Å². The highest BCUT2D eigenvalue weighted by atomic mass is 16.8. The fraction of sp³-hybridized carbons (Fsp3) is 0.182. The van der Waals surface area contributed by atoms with Crippen molar-refractivity contribution in [3.05, 3.63) is 42.3 Å². The Morgan fingerprint density at radius 1 is 1.47 bits per heavy atom. The van der Waals surface area contributed by atoms with E-state index in [1.54, 1.807) is 24.3 Å². The van der Waals surface area contributed by atoms with Gasteiger partial charge in [0.05, 0.1) is 6.20 Å². The molecule has 0 radical (unpaired) electrons. The molecule has 1 aliphatic heterocycles. The van der Waals surface area contributed by atoms with Crippen molar-refractivity contribution >= 4 is 5.71 Å². The number of nitrogens with one attached hydrogen (secondary N) is 1. The van der Waals surface area contributed by atoms with Crippen LogP contribution in [0.5, 0.6) is 5.75 Å². The van der Waals surface area contributed by atoms with E-state index in [4.69, 9.17) is 14.4 Å². The van der Waals surface area contributed by atoms with Crippen LogP contribution < -0.4 is 5.48 Å². The Balaban J connectivity index is 2.32. The van der Waals surface area contributed by atoms with Gasteiger partial charge in [0.2, 0.25) is 0 Å². The number of nitrogens with zero attached hydrogens (tertiary/aromatic N) is 1. The topological polar surface area (TPSA) is 72.3 Å². The maximum Gasteiger partial charge on any atom is 0.269 e. The van der Waals surface area contributed by atoms with E-state index >= 15 is 0 Å². The summed E-state index contributed by atoms with van der Waals surface area (Å²) in [4.78, 5) is 9.85. The first-order chi connectivity index (χ1) is 8.33. The van der Waals surface area contributed by atoms with E-state index in [9.17, 15) is 5.11 Å². The molecule has 1 unspecified atom stereocenters. The number of hydroxylamine groups is 1. The summed E-state index contributed by atoms with van der Waals surface area (Å²) >= 11 is 0. The molecule has 1 heterocycles. The summed E-state index contributed by atoms with van der Waals surface area (Å²) < 4.78 is 5.21. The Hall–Kier alpha value is -2.21. The van der Waals surface area contributed by atoms with Gasteiger partial charge in [-0.1, -0.05) is 17.3 Å². The van der Waals surface area contributed by atoms with Gasteiger partial charge >= 0.3 is 0 Å². The van der Waals surface area contributed by atoms with Crippen molar-refractivity contribution in [3.63, 3.8) is 0 Å². The number of hydrogen-bond acceptors (Lipinski definition) is 6. The number of para-hydroxylation sites is 1. The fourth-order valence-electron chi connectivity index (χ4n) is 1.40. The zero-order chi connectivity index (χ0) is 12.1. The summed E-state index contributed by atoms with van der Waals surface area (Å²) in [5.41, 5.74) is 3.36. The van der Waals surface area contributed by atoms with Gasteiger partial charge in [-0.25, -0.2) is 4.84 Å². The minimum absolute atomic E-state index is 0.0741. The van der Waals surface area contributed by atoms with E-state index in [1.165, 1.54) is 19.6 Å². The lowest BCUT2D eigenvalue weighted by Crippen LogP contribution is -2.33.